The van der Waals surface area contributed by atoms with E-state index in [0.717, 1.165) is 19.7 Å². The minimum Gasteiger partial charge on any atom is -0.365 e. The molecule has 0 aromatic carbocycles. The fourth-order valence-corrected chi connectivity index (χ4v) is 1.09. The van der Waals surface area contributed by atoms with Gasteiger partial charge >= 0.3 is 0 Å². The number of rotatable bonds is 0. The van der Waals surface area contributed by atoms with Crippen molar-refractivity contribution in [2.75, 3.05) is 19.7 Å². The van der Waals surface area contributed by atoms with E-state index in [9.17, 15) is 4.79 Å². The highest BCUT2D eigenvalue weighted by atomic mass is 16.5. The zero-order valence-corrected chi connectivity index (χ0v) is 4.46. The lowest BCUT2D eigenvalue weighted by Crippen LogP contribution is -2.62. The standard InChI is InChI=1S/C5H7NO2/c7-5-4-3-6(5)1-2-8-4/h4H,1-3H2. The number of nitrogens with zero attached hydrogens (tertiary/aromatic N) is 1. The summed E-state index contributed by atoms with van der Waals surface area (Å²) in [6, 6.07) is 0. The van der Waals surface area contributed by atoms with Gasteiger partial charge in [0.05, 0.1) is 13.2 Å². The van der Waals surface area contributed by atoms with Gasteiger partial charge in [0.2, 0.25) is 0 Å². The van der Waals surface area contributed by atoms with Crippen LogP contribution in [-0.2, 0) is 9.53 Å². The van der Waals surface area contributed by atoms with Crippen molar-refractivity contribution in [2.45, 2.75) is 6.10 Å². The SMILES string of the molecule is O=C1C2CN1CCO2. The second-order valence-electron chi connectivity index (χ2n) is 2.14. The molecular weight excluding hydrogens is 106 g/mol. The first-order valence-corrected chi connectivity index (χ1v) is 2.78. The number of morpholine rings is 2. The van der Waals surface area contributed by atoms with Crippen LogP contribution in [0.3, 0.4) is 0 Å². The maximum atomic E-state index is 10.6. The fraction of sp³-hybridized carbons (Fsp3) is 0.800. The van der Waals surface area contributed by atoms with Crippen molar-refractivity contribution in [3.63, 3.8) is 0 Å². The number of β-lactam (4-membered cyclic amide) rings is 1. The summed E-state index contributed by atoms with van der Waals surface area (Å²) >= 11 is 0. The summed E-state index contributed by atoms with van der Waals surface area (Å²) in [7, 11) is 0. The molecule has 0 aromatic heterocycles. The van der Waals surface area contributed by atoms with Gasteiger partial charge in [0.15, 0.2) is 6.10 Å². The van der Waals surface area contributed by atoms with E-state index >= 15 is 0 Å². The van der Waals surface area contributed by atoms with Gasteiger partial charge in [0, 0.05) is 6.54 Å². The molecular formula is C5H7NO2. The van der Waals surface area contributed by atoms with Crippen molar-refractivity contribution in [3.05, 3.63) is 0 Å². The normalized spacial score (nSPS) is 34.8. The summed E-state index contributed by atoms with van der Waals surface area (Å²) in [5.41, 5.74) is 0. The van der Waals surface area contributed by atoms with E-state index in [-0.39, 0.29) is 12.0 Å². The van der Waals surface area contributed by atoms with Crippen molar-refractivity contribution in [3.8, 4) is 0 Å². The Kier molecular flexibility index (Phi) is 0.663. The Morgan fingerprint density at radius 3 is 2.88 bits per heavy atom. The van der Waals surface area contributed by atoms with E-state index in [1.165, 1.54) is 0 Å². The number of carbonyl (C=O) groups is 1. The molecule has 3 aliphatic heterocycles. The largest absolute Gasteiger partial charge is 0.365 e. The molecule has 0 spiro atoms. The Labute approximate surface area is 47.2 Å². The van der Waals surface area contributed by atoms with Crippen LogP contribution in [0.4, 0.5) is 0 Å². The molecule has 8 heavy (non-hydrogen) atoms. The monoisotopic (exact) mass is 113 g/mol. The maximum Gasteiger partial charge on any atom is 0.253 e. The van der Waals surface area contributed by atoms with Crippen LogP contribution in [0.15, 0.2) is 0 Å². The van der Waals surface area contributed by atoms with Gasteiger partial charge in [-0.2, -0.15) is 0 Å². The maximum absolute atomic E-state index is 10.6. The summed E-state index contributed by atoms with van der Waals surface area (Å²) < 4.78 is 5.06. The van der Waals surface area contributed by atoms with Crippen LogP contribution in [0.25, 0.3) is 0 Å². The number of ether oxygens (including phenoxy) is 1. The highest BCUT2D eigenvalue weighted by Gasteiger charge is 2.40. The molecule has 0 N–H and O–H groups in total. The minimum atomic E-state index is -0.0660. The zero-order chi connectivity index (χ0) is 5.56. The molecule has 3 nitrogen and oxygen atoms in total. The van der Waals surface area contributed by atoms with Crippen LogP contribution in [0.5, 0.6) is 0 Å². The van der Waals surface area contributed by atoms with E-state index in [1.54, 1.807) is 0 Å². The topological polar surface area (TPSA) is 29.5 Å². The van der Waals surface area contributed by atoms with Crippen molar-refractivity contribution in [1.29, 1.82) is 0 Å². The molecule has 2 bridgehead atoms. The first-order chi connectivity index (χ1) is 3.88. The number of amides is 1. The van der Waals surface area contributed by atoms with Gasteiger partial charge in [0.1, 0.15) is 0 Å². The Morgan fingerprint density at radius 2 is 2.62 bits per heavy atom. The highest BCUT2D eigenvalue weighted by molar-refractivity contribution is 5.87. The Morgan fingerprint density at radius 1 is 1.75 bits per heavy atom. The number of carbonyl (C=O) groups excluding carboxylic acids is 1. The molecule has 1 atom stereocenters. The second-order valence-corrected chi connectivity index (χ2v) is 2.14. The first-order valence-electron chi connectivity index (χ1n) is 2.78. The predicted molar refractivity (Wildman–Crippen MR) is 26.3 cm³/mol. The number of fused-ring (bicyclic) bond motifs is 2. The summed E-state index contributed by atoms with van der Waals surface area (Å²) in [6.07, 6.45) is -0.0660. The van der Waals surface area contributed by atoms with E-state index in [0.29, 0.717) is 0 Å². The van der Waals surface area contributed by atoms with Gasteiger partial charge in [-0.05, 0) is 0 Å². The minimum absolute atomic E-state index is 0.0660. The Hall–Kier alpha value is -0.570. The van der Waals surface area contributed by atoms with Crippen molar-refractivity contribution < 1.29 is 9.53 Å². The average Bonchev–Trinajstić information content (AvgIpc) is 1.89. The molecule has 3 heteroatoms. The van der Waals surface area contributed by atoms with Gasteiger partial charge in [0.25, 0.3) is 5.91 Å². The molecule has 0 aromatic rings. The van der Waals surface area contributed by atoms with E-state index < -0.39 is 0 Å². The molecule has 44 valence electrons. The third kappa shape index (κ3) is 0.351. The van der Waals surface area contributed by atoms with Crippen molar-refractivity contribution >= 4 is 5.91 Å². The first kappa shape index (κ1) is 4.32. The summed E-state index contributed by atoms with van der Waals surface area (Å²) in [6.45, 7) is 2.37. The average molecular weight is 113 g/mol. The van der Waals surface area contributed by atoms with E-state index in [4.69, 9.17) is 4.74 Å². The lowest BCUT2D eigenvalue weighted by molar-refractivity contribution is -0.176. The second kappa shape index (κ2) is 1.23. The van der Waals surface area contributed by atoms with Crippen LogP contribution in [0.2, 0.25) is 0 Å². The molecule has 3 aliphatic rings. The molecule has 3 rings (SSSR count). The van der Waals surface area contributed by atoms with Crippen molar-refractivity contribution in [1.82, 2.24) is 4.90 Å². The zero-order valence-electron chi connectivity index (χ0n) is 4.46. The Bertz CT molecular complexity index is 118. The molecule has 3 fully saturated rings. The summed E-state index contributed by atoms with van der Waals surface area (Å²) in [5, 5.41) is 0. The fourth-order valence-electron chi connectivity index (χ4n) is 1.09. The van der Waals surface area contributed by atoms with Gasteiger partial charge < -0.3 is 9.64 Å². The van der Waals surface area contributed by atoms with Crippen LogP contribution >= 0.6 is 0 Å². The number of hydrogen-bond acceptors (Lipinski definition) is 2. The van der Waals surface area contributed by atoms with Crippen LogP contribution in [0, 0.1) is 0 Å². The lowest BCUT2D eigenvalue weighted by atomic mass is 10.1. The molecule has 0 saturated carbocycles. The van der Waals surface area contributed by atoms with Crippen LogP contribution in [0.1, 0.15) is 0 Å². The van der Waals surface area contributed by atoms with Gasteiger partial charge in [-0.3, -0.25) is 4.79 Å². The third-order valence-corrected chi connectivity index (χ3v) is 1.65. The van der Waals surface area contributed by atoms with E-state index in [2.05, 4.69) is 0 Å². The van der Waals surface area contributed by atoms with Gasteiger partial charge in [-0.25, -0.2) is 0 Å². The number of hydrogen-bond donors (Lipinski definition) is 0. The molecule has 1 unspecified atom stereocenters. The summed E-state index contributed by atoms with van der Waals surface area (Å²) in [4.78, 5) is 12.5. The molecule has 3 saturated heterocycles. The van der Waals surface area contributed by atoms with Gasteiger partial charge in [-0.15, -0.1) is 0 Å². The van der Waals surface area contributed by atoms with Gasteiger partial charge in [-0.1, -0.05) is 0 Å². The van der Waals surface area contributed by atoms with E-state index in [1.807, 2.05) is 4.90 Å². The Balaban J connectivity index is 2.13. The van der Waals surface area contributed by atoms with Crippen LogP contribution in [-0.4, -0.2) is 36.6 Å². The highest BCUT2D eigenvalue weighted by Crippen LogP contribution is 2.17. The molecule has 0 radical (unpaired) electrons. The quantitative estimate of drug-likeness (QED) is 0.386. The summed E-state index contributed by atoms with van der Waals surface area (Å²) in [5.74, 6) is 0.177. The molecule has 1 amide bonds. The lowest BCUT2D eigenvalue weighted by Gasteiger charge is -2.42. The smallest absolute Gasteiger partial charge is 0.253 e. The van der Waals surface area contributed by atoms with Crippen LogP contribution < -0.4 is 0 Å². The predicted octanol–water partition coefficient (Wildman–Crippen LogP) is -0.773. The van der Waals surface area contributed by atoms with Crippen molar-refractivity contribution in [2.24, 2.45) is 0 Å². The third-order valence-electron chi connectivity index (χ3n) is 1.65. The molecule has 0 aliphatic carbocycles. The molecule has 3 heterocycles.